The summed E-state index contributed by atoms with van der Waals surface area (Å²) in [5.74, 6) is 1.00. The lowest BCUT2D eigenvalue weighted by Gasteiger charge is -2.23. The van der Waals surface area contributed by atoms with Crippen molar-refractivity contribution in [2.45, 2.75) is 32.5 Å². The molecule has 3 aromatic carbocycles. The molecule has 0 fully saturated rings. The molecule has 0 saturated heterocycles. The molecular weight excluding hydrogens is 440 g/mol. The van der Waals surface area contributed by atoms with Gasteiger partial charge >= 0.3 is 0 Å². The number of anilines is 1. The highest BCUT2D eigenvalue weighted by Gasteiger charge is 2.30. The molecule has 1 heterocycles. The van der Waals surface area contributed by atoms with Gasteiger partial charge in [0.2, 0.25) is 0 Å². The average Bonchev–Trinajstić information content (AvgIpc) is 2.96. The lowest BCUT2D eigenvalue weighted by Crippen LogP contribution is -2.38. The minimum Gasteiger partial charge on any atom is -0.497 e. The highest BCUT2D eigenvalue weighted by Crippen LogP contribution is 2.31. The van der Waals surface area contributed by atoms with Crippen molar-refractivity contribution in [1.82, 2.24) is 4.90 Å². The number of nitrogens with zero attached hydrogens (tertiary/aromatic N) is 1. The van der Waals surface area contributed by atoms with E-state index in [1.807, 2.05) is 37.3 Å². The molecule has 3 aromatic rings. The molecular formula is C26H25ClN2O4. The Morgan fingerprint density at radius 1 is 1.15 bits per heavy atom. The van der Waals surface area contributed by atoms with E-state index in [0.29, 0.717) is 47.3 Å². The predicted octanol–water partition coefficient (Wildman–Crippen LogP) is 5.30. The fraction of sp³-hybridized carbons (Fsp3) is 0.231. The van der Waals surface area contributed by atoms with Crippen LogP contribution in [0.15, 0.2) is 66.7 Å². The highest BCUT2D eigenvalue weighted by molar-refractivity contribution is 6.31. The highest BCUT2D eigenvalue weighted by atomic mass is 35.5. The van der Waals surface area contributed by atoms with Crippen LogP contribution in [0.25, 0.3) is 0 Å². The Bertz CT molecular complexity index is 1160. The van der Waals surface area contributed by atoms with E-state index >= 15 is 0 Å². The maximum atomic E-state index is 13.1. The summed E-state index contributed by atoms with van der Waals surface area (Å²) in [5.41, 5.74) is 2.83. The Morgan fingerprint density at radius 3 is 2.61 bits per heavy atom. The van der Waals surface area contributed by atoms with Crippen molar-refractivity contribution in [3.8, 4) is 11.5 Å². The monoisotopic (exact) mass is 464 g/mol. The van der Waals surface area contributed by atoms with Crippen molar-refractivity contribution in [3.63, 3.8) is 0 Å². The molecule has 6 nitrogen and oxygen atoms in total. The van der Waals surface area contributed by atoms with Crippen LogP contribution in [0.5, 0.6) is 11.5 Å². The van der Waals surface area contributed by atoms with Gasteiger partial charge in [0.25, 0.3) is 11.8 Å². The number of hydrogen-bond donors (Lipinski definition) is 1. The first-order valence-electron chi connectivity index (χ1n) is 10.8. The van der Waals surface area contributed by atoms with Crippen molar-refractivity contribution in [3.05, 3.63) is 88.4 Å². The molecule has 1 aliphatic rings. The molecule has 2 amide bonds. The number of nitrogens with one attached hydrogen (secondary N) is 1. The smallest absolute Gasteiger partial charge is 0.264 e. The Balaban J connectivity index is 1.58. The zero-order valence-electron chi connectivity index (χ0n) is 18.5. The van der Waals surface area contributed by atoms with Gasteiger partial charge in [0.15, 0.2) is 6.10 Å². The third-order valence-corrected chi connectivity index (χ3v) is 5.95. The van der Waals surface area contributed by atoms with Crippen LogP contribution in [0.3, 0.4) is 0 Å². The summed E-state index contributed by atoms with van der Waals surface area (Å²) >= 11 is 6.34. The van der Waals surface area contributed by atoms with Gasteiger partial charge in [-0.2, -0.15) is 0 Å². The molecule has 0 saturated carbocycles. The van der Waals surface area contributed by atoms with Crippen molar-refractivity contribution >= 4 is 29.1 Å². The van der Waals surface area contributed by atoms with Gasteiger partial charge < -0.3 is 19.7 Å². The molecule has 4 rings (SSSR count). The number of rotatable bonds is 6. The van der Waals surface area contributed by atoms with Crippen molar-refractivity contribution in [2.24, 2.45) is 0 Å². The molecule has 170 valence electrons. The molecule has 1 atom stereocenters. The van der Waals surface area contributed by atoms with E-state index in [9.17, 15) is 9.59 Å². The fourth-order valence-electron chi connectivity index (χ4n) is 3.76. The molecule has 1 aliphatic heterocycles. The zero-order valence-corrected chi connectivity index (χ0v) is 19.3. The summed E-state index contributed by atoms with van der Waals surface area (Å²) < 4.78 is 11.2. The van der Waals surface area contributed by atoms with E-state index in [0.717, 1.165) is 11.1 Å². The first kappa shape index (κ1) is 22.7. The Morgan fingerprint density at radius 2 is 1.91 bits per heavy atom. The zero-order chi connectivity index (χ0) is 23.4. The van der Waals surface area contributed by atoms with Gasteiger partial charge in [-0.25, -0.2) is 0 Å². The summed E-state index contributed by atoms with van der Waals surface area (Å²) in [7, 11) is 1.58. The van der Waals surface area contributed by atoms with Gasteiger partial charge in [0, 0.05) is 34.9 Å². The van der Waals surface area contributed by atoms with Gasteiger partial charge in [-0.1, -0.05) is 36.7 Å². The lowest BCUT2D eigenvalue weighted by atomic mass is 10.1. The van der Waals surface area contributed by atoms with Crippen LogP contribution in [0.2, 0.25) is 5.02 Å². The number of amides is 2. The quantitative estimate of drug-likeness (QED) is 0.537. The third-order valence-electron chi connectivity index (χ3n) is 5.58. The van der Waals surface area contributed by atoms with E-state index in [4.69, 9.17) is 21.1 Å². The largest absolute Gasteiger partial charge is 0.497 e. The van der Waals surface area contributed by atoms with Crippen LogP contribution in [0, 0.1) is 0 Å². The van der Waals surface area contributed by atoms with Gasteiger partial charge in [0.1, 0.15) is 11.5 Å². The summed E-state index contributed by atoms with van der Waals surface area (Å²) in [4.78, 5) is 27.6. The van der Waals surface area contributed by atoms with Crippen LogP contribution in [0.4, 0.5) is 5.69 Å². The normalized spacial score (nSPS) is 15.3. The molecule has 1 N–H and O–H groups in total. The number of halogens is 1. The van der Waals surface area contributed by atoms with Crippen molar-refractivity contribution in [2.75, 3.05) is 12.4 Å². The minimum atomic E-state index is -0.575. The van der Waals surface area contributed by atoms with Crippen LogP contribution in [-0.4, -0.2) is 29.9 Å². The maximum absolute atomic E-state index is 13.1. The second-order valence-electron chi connectivity index (χ2n) is 7.81. The number of fused-ring (bicyclic) bond motifs is 1. The van der Waals surface area contributed by atoms with Crippen LogP contribution in [-0.2, 0) is 17.9 Å². The van der Waals surface area contributed by atoms with Crippen LogP contribution < -0.4 is 14.8 Å². The van der Waals surface area contributed by atoms with E-state index in [-0.39, 0.29) is 11.8 Å². The minimum absolute atomic E-state index is 0.0857. The fourth-order valence-corrected chi connectivity index (χ4v) is 3.95. The van der Waals surface area contributed by atoms with Gasteiger partial charge in [-0.3, -0.25) is 9.59 Å². The predicted molar refractivity (Wildman–Crippen MR) is 128 cm³/mol. The number of ether oxygens (including phenoxy) is 2. The SMILES string of the molecule is CCC1Oc2ccc(NC(=O)c3ccc(OC)cc3)cc2CN(Cc2ccccc2Cl)C1=O. The summed E-state index contributed by atoms with van der Waals surface area (Å²) in [6.45, 7) is 2.65. The first-order valence-corrected chi connectivity index (χ1v) is 11.1. The van der Waals surface area contributed by atoms with E-state index in [2.05, 4.69) is 5.32 Å². The van der Waals surface area contributed by atoms with Gasteiger partial charge in [0.05, 0.1) is 7.11 Å². The molecule has 1 unspecified atom stereocenters. The van der Waals surface area contributed by atoms with Crippen molar-refractivity contribution in [1.29, 1.82) is 0 Å². The summed E-state index contributed by atoms with van der Waals surface area (Å²) in [5, 5.41) is 3.53. The van der Waals surface area contributed by atoms with Crippen molar-refractivity contribution < 1.29 is 19.1 Å². The summed E-state index contributed by atoms with van der Waals surface area (Å²) in [6, 6.07) is 19.8. The lowest BCUT2D eigenvalue weighted by molar-refractivity contribution is -0.139. The summed E-state index contributed by atoms with van der Waals surface area (Å²) in [6.07, 6.45) is -0.0266. The molecule has 0 aromatic heterocycles. The molecule has 33 heavy (non-hydrogen) atoms. The van der Waals surface area contributed by atoms with E-state index in [1.54, 1.807) is 48.4 Å². The number of methoxy groups -OCH3 is 1. The second-order valence-corrected chi connectivity index (χ2v) is 8.21. The van der Waals surface area contributed by atoms with Gasteiger partial charge in [-0.05, 0) is 60.5 Å². The Kier molecular flexibility index (Phi) is 6.84. The Hall–Kier alpha value is -3.51. The van der Waals surface area contributed by atoms with Crippen LogP contribution >= 0.6 is 11.6 Å². The number of hydrogen-bond acceptors (Lipinski definition) is 4. The molecule has 0 bridgehead atoms. The standard InChI is InChI=1S/C26H25ClN2O4/c1-3-23-26(31)29(15-18-6-4-5-7-22(18)27)16-19-14-20(10-13-24(19)33-23)28-25(30)17-8-11-21(32-2)12-9-17/h4-14,23H,3,15-16H2,1-2H3,(H,28,30). The second kappa shape index (κ2) is 9.96. The molecule has 0 aliphatic carbocycles. The Labute approximate surface area is 198 Å². The molecule has 7 heteroatoms. The van der Waals surface area contributed by atoms with Crippen LogP contribution in [0.1, 0.15) is 34.8 Å². The maximum Gasteiger partial charge on any atom is 0.264 e. The van der Waals surface area contributed by atoms with E-state index < -0.39 is 6.10 Å². The average molecular weight is 465 g/mol. The molecule has 0 radical (unpaired) electrons. The number of carbonyl (C=O) groups excluding carboxylic acids is 2. The topological polar surface area (TPSA) is 67.9 Å². The third kappa shape index (κ3) is 5.12. The van der Waals surface area contributed by atoms with Gasteiger partial charge in [-0.15, -0.1) is 0 Å². The number of benzene rings is 3. The first-order chi connectivity index (χ1) is 16.0. The van der Waals surface area contributed by atoms with E-state index in [1.165, 1.54) is 0 Å². The molecule has 0 spiro atoms. The number of carbonyl (C=O) groups is 2.